The van der Waals surface area contributed by atoms with Gasteiger partial charge in [0.2, 0.25) is 0 Å². The topological polar surface area (TPSA) is 49.3 Å². The average molecular weight is 295 g/mol. The number of hydrogen-bond donors (Lipinski definition) is 2. The van der Waals surface area contributed by atoms with Crippen LogP contribution >= 0.6 is 11.3 Å². The van der Waals surface area contributed by atoms with Crippen molar-refractivity contribution in [3.63, 3.8) is 0 Å². The van der Waals surface area contributed by atoms with Crippen LogP contribution < -0.4 is 5.32 Å². The molecule has 1 unspecified atom stereocenters. The second-order valence-electron chi connectivity index (χ2n) is 6.69. The minimum atomic E-state index is 0.0187. The van der Waals surface area contributed by atoms with Gasteiger partial charge in [-0.05, 0) is 42.6 Å². The summed E-state index contributed by atoms with van der Waals surface area (Å²) < 4.78 is 0. The summed E-state index contributed by atoms with van der Waals surface area (Å²) in [4.78, 5) is 13.5. The van der Waals surface area contributed by atoms with Crippen molar-refractivity contribution in [2.24, 2.45) is 11.3 Å². The number of rotatable bonds is 4. The molecule has 0 radical (unpaired) electrons. The third kappa shape index (κ3) is 3.41. The summed E-state index contributed by atoms with van der Waals surface area (Å²) in [6.45, 7) is 7.58. The SMILES string of the molecule is CC(C)(C)C1CCc2c(C(=O)NCCCO)csc2C1. The first kappa shape index (κ1) is 15.5. The van der Waals surface area contributed by atoms with Gasteiger partial charge in [0, 0.05) is 23.4 Å². The molecule has 1 atom stereocenters. The Hall–Kier alpha value is -0.870. The Morgan fingerprint density at radius 2 is 2.25 bits per heavy atom. The number of aliphatic hydroxyl groups is 1. The maximum Gasteiger partial charge on any atom is 0.252 e. The van der Waals surface area contributed by atoms with Crippen LogP contribution in [0.2, 0.25) is 0 Å². The highest BCUT2D eigenvalue weighted by atomic mass is 32.1. The van der Waals surface area contributed by atoms with Crippen LogP contribution in [-0.2, 0) is 12.8 Å². The van der Waals surface area contributed by atoms with Crippen molar-refractivity contribution in [3.05, 3.63) is 21.4 Å². The molecule has 112 valence electrons. The van der Waals surface area contributed by atoms with E-state index in [4.69, 9.17) is 5.11 Å². The molecule has 1 aromatic rings. The number of aliphatic hydroxyl groups excluding tert-OH is 1. The van der Waals surface area contributed by atoms with E-state index in [0.717, 1.165) is 18.4 Å². The minimum absolute atomic E-state index is 0.0187. The fourth-order valence-electron chi connectivity index (χ4n) is 2.82. The van der Waals surface area contributed by atoms with E-state index in [9.17, 15) is 4.79 Å². The smallest absolute Gasteiger partial charge is 0.252 e. The van der Waals surface area contributed by atoms with Crippen molar-refractivity contribution in [2.45, 2.75) is 46.5 Å². The molecule has 20 heavy (non-hydrogen) atoms. The van der Waals surface area contributed by atoms with Crippen LogP contribution in [0.25, 0.3) is 0 Å². The zero-order chi connectivity index (χ0) is 14.8. The lowest BCUT2D eigenvalue weighted by Crippen LogP contribution is -2.28. The number of nitrogens with one attached hydrogen (secondary N) is 1. The van der Waals surface area contributed by atoms with Crippen LogP contribution in [0.5, 0.6) is 0 Å². The van der Waals surface area contributed by atoms with Gasteiger partial charge in [-0.15, -0.1) is 11.3 Å². The van der Waals surface area contributed by atoms with Gasteiger partial charge in [0.1, 0.15) is 0 Å². The van der Waals surface area contributed by atoms with Gasteiger partial charge in [0.15, 0.2) is 0 Å². The lowest BCUT2D eigenvalue weighted by molar-refractivity contribution is 0.0950. The molecular weight excluding hydrogens is 270 g/mol. The zero-order valence-electron chi connectivity index (χ0n) is 12.7. The van der Waals surface area contributed by atoms with Gasteiger partial charge >= 0.3 is 0 Å². The largest absolute Gasteiger partial charge is 0.396 e. The van der Waals surface area contributed by atoms with Gasteiger partial charge in [-0.1, -0.05) is 20.8 Å². The van der Waals surface area contributed by atoms with Crippen LogP contribution in [0.15, 0.2) is 5.38 Å². The Labute approximate surface area is 125 Å². The van der Waals surface area contributed by atoms with Crippen LogP contribution in [0.4, 0.5) is 0 Å². The van der Waals surface area contributed by atoms with E-state index in [1.54, 1.807) is 11.3 Å². The lowest BCUT2D eigenvalue weighted by Gasteiger charge is -2.34. The van der Waals surface area contributed by atoms with Crippen molar-refractivity contribution in [2.75, 3.05) is 13.2 Å². The van der Waals surface area contributed by atoms with E-state index in [1.807, 2.05) is 5.38 Å². The van der Waals surface area contributed by atoms with Gasteiger partial charge in [-0.25, -0.2) is 0 Å². The van der Waals surface area contributed by atoms with E-state index >= 15 is 0 Å². The van der Waals surface area contributed by atoms with Gasteiger partial charge < -0.3 is 10.4 Å². The molecule has 0 aliphatic heterocycles. The summed E-state index contributed by atoms with van der Waals surface area (Å²) in [7, 11) is 0. The summed E-state index contributed by atoms with van der Waals surface area (Å²) in [6.07, 6.45) is 3.91. The molecule has 0 spiro atoms. The first-order valence-electron chi connectivity index (χ1n) is 7.41. The van der Waals surface area contributed by atoms with E-state index < -0.39 is 0 Å². The highest BCUT2D eigenvalue weighted by molar-refractivity contribution is 7.10. The van der Waals surface area contributed by atoms with Gasteiger partial charge in [-0.3, -0.25) is 4.79 Å². The second-order valence-corrected chi connectivity index (χ2v) is 7.65. The molecule has 1 aliphatic carbocycles. The van der Waals surface area contributed by atoms with E-state index in [1.165, 1.54) is 16.9 Å². The van der Waals surface area contributed by atoms with E-state index in [2.05, 4.69) is 26.1 Å². The molecule has 0 fully saturated rings. The molecule has 2 N–H and O–H groups in total. The molecule has 1 heterocycles. The monoisotopic (exact) mass is 295 g/mol. The Kier molecular flexibility index (Phi) is 4.86. The summed E-state index contributed by atoms with van der Waals surface area (Å²) in [5.41, 5.74) is 2.46. The fraction of sp³-hybridized carbons (Fsp3) is 0.688. The van der Waals surface area contributed by atoms with Crippen LogP contribution in [0.1, 0.15) is 54.4 Å². The van der Waals surface area contributed by atoms with Crippen molar-refractivity contribution >= 4 is 17.2 Å². The third-order valence-corrected chi connectivity index (χ3v) is 5.30. The number of carbonyl (C=O) groups excluding carboxylic acids is 1. The lowest BCUT2D eigenvalue weighted by atomic mass is 9.72. The maximum atomic E-state index is 12.1. The van der Waals surface area contributed by atoms with Gasteiger partial charge in [0.05, 0.1) is 5.56 Å². The standard InChI is InChI=1S/C16H25NO2S/c1-16(2,3)11-5-6-12-13(10-20-14(12)9-11)15(19)17-7-4-8-18/h10-11,18H,4-9H2,1-3H3,(H,17,19). The van der Waals surface area contributed by atoms with Crippen LogP contribution in [0.3, 0.4) is 0 Å². The highest BCUT2D eigenvalue weighted by Crippen LogP contribution is 2.40. The summed E-state index contributed by atoms with van der Waals surface area (Å²) in [5, 5.41) is 13.6. The predicted octanol–water partition coefficient (Wildman–Crippen LogP) is 3.01. The Bertz CT molecular complexity index is 473. The normalized spacial score (nSPS) is 18.7. The molecular formula is C16H25NO2S. The second kappa shape index (κ2) is 6.27. The molecule has 0 bridgehead atoms. The zero-order valence-corrected chi connectivity index (χ0v) is 13.5. The van der Waals surface area contributed by atoms with Crippen molar-refractivity contribution in [1.29, 1.82) is 0 Å². The first-order valence-corrected chi connectivity index (χ1v) is 8.29. The van der Waals surface area contributed by atoms with E-state index in [-0.39, 0.29) is 12.5 Å². The minimum Gasteiger partial charge on any atom is -0.396 e. The van der Waals surface area contributed by atoms with Gasteiger partial charge in [0.25, 0.3) is 5.91 Å². The number of thiophene rings is 1. The summed E-state index contributed by atoms with van der Waals surface area (Å²) >= 11 is 1.73. The summed E-state index contributed by atoms with van der Waals surface area (Å²) in [6, 6.07) is 0. The summed E-state index contributed by atoms with van der Waals surface area (Å²) in [5.74, 6) is 0.726. The predicted molar refractivity (Wildman–Crippen MR) is 83.3 cm³/mol. The first-order chi connectivity index (χ1) is 9.43. The number of carbonyl (C=O) groups is 1. The molecule has 0 aromatic carbocycles. The molecule has 0 saturated heterocycles. The number of hydrogen-bond acceptors (Lipinski definition) is 3. The molecule has 4 heteroatoms. The van der Waals surface area contributed by atoms with Crippen molar-refractivity contribution < 1.29 is 9.90 Å². The molecule has 1 aromatic heterocycles. The quantitative estimate of drug-likeness (QED) is 0.839. The van der Waals surface area contributed by atoms with E-state index in [0.29, 0.717) is 24.3 Å². The maximum absolute atomic E-state index is 12.1. The number of fused-ring (bicyclic) bond motifs is 1. The highest BCUT2D eigenvalue weighted by Gasteiger charge is 2.31. The Morgan fingerprint density at radius 3 is 2.90 bits per heavy atom. The van der Waals surface area contributed by atoms with Crippen molar-refractivity contribution in [3.8, 4) is 0 Å². The van der Waals surface area contributed by atoms with Crippen molar-refractivity contribution in [1.82, 2.24) is 5.32 Å². The molecule has 1 aliphatic rings. The molecule has 0 saturated carbocycles. The van der Waals surface area contributed by atoms with Gasteiger partial charge in [-0.2, -0.15) is 0 Å². The molecule has 2 rings (SSSR count). The third-order valence-electron chi connectivity index (χ3n) is 4.25. The average Bonchev–Trinajstić information content (AvgIpc) is 2.80. The Morgan fingerprint density at radius 1 is 1.50 bits per heavy atom. The molecule has 3 nitrogen and oxygen atoms in total. The number of amides is 1. The molecule has 1 amide bonds. The fourth-order valence-corrected chi connectivity index (χ4v) is 3.98. The Balaban J connectivity index is 2.06. The van der Waals surface area contributed by atoms with Crippen LogP contribution in [0, 0.1) is 11.3 Å². The van der Waals surface area contributed by atoms with Crippen LogP contribution in [-0.4, -0.2) is 24.2 Å².